The summed E-state index contributed by atoms with van der Waals surface area (Å²) in [5, 5.41) is 10.6. The van der Waals surface area contributed by atoms with E-state index in [0.717, 1.165) is 33.7 Å². The number of benzene rings is 3. The summed E-state index contributed by atoms with van der Waals surface area (Å²) in [6.45, 7) is 0. The van der Waals surface area contributed by atoms with Gasteiger partial charge in [0.15, 0.2) is 18.6 Å². The van der Waals surface area contributed by atoms with Gasteiger partial charge in [0.1, 0.15) is 14.1 Å². The zero-order chi connectivity index (χ0) is 30.4. The van der Waals surface area contributed by atoms with Crippen molar-refractivity contribution in [1.82, 2.24) is 0 Å². The molecule has 12 heteroatoms. The van der Waals surface area contributed by atoms with Gasteiger partial charge in [-0.15, -0.1) is 0 Å². The maximum absolute atomic E-state index is 12.9. The minimum absolute atomic E-state index is 0.273. The Labute approximate surface area is 244 Å². The van der Waals surface area contributed by atoms with Gasteiger partial charge in [0, 0.05) is 52.7 Å². The van der Waals surface area contributed by atoms with E-state index in [0.29, 0.717) is 28.9 Å². The highest BCUT2D eigenvalue weighted by molar-refractivity contribution is 7.85. The minimum Gasteiger partial charge on any atom is -0.399 e. The van der Waals surface area contributed by atoms with Crippen molar-refractivity contribution < 1.29 is 26.9 Å². The number of nitrogens with one attached hydrogen (secondary N) is 3. The molecular weight excluding hydrogens is 554 g/mol. The number of anilines is 7. The van der Waals surface area contributed by atoms with Gasteiger partial charge in [0.25, 0.3) is 16.0 Å². The number of carbonyl (C=O) groups is 1. The number of amides is 1. The molecule has 0 aliphatic heterocycles. The van der Waals surface area contributed by atoms with Gasteiger partial charge in [-0.1, -0.05) is 0 Å². The Hall–Kier alpha value is -5.20. The van der Waals surface area contributed by atoms with Crippen LogP contribution in [0.1, 0.15) is 10.4 Å². The van der Waals surface area contributed by atoms with Gasteiger partial charge >= 0.3 is 0 Å². The number of rotatable bonds is 6. The largest absolute Gasteiger partial charge is 0.399 e. The van der Waals surface area contributed by atoms with E-state index in [2.05, 4.69) is 16.0 Å². The average molecular weight is 588 g/mol. The maximum atomic E-state index is 12.9. The van der Waals surface area contributed by atoms with E-state index in [1.54, 1.807) is 12.1 Å². The molecule has 0 aliphatic rings. The second kappa shape index (κ2) is 12.5. The van der Waals surface area contributed by atoms with Crippen molar-refractivity contribution >= 4 is 66.7 Å². The van der Waals surface area contributed by atoms with E-state index in [1.807, 2.05) is 109 Å². The Morgan fingerprint density at radius 3 is 2.00 bits per heavy atom. The van der Waals surface area contributed by atoms with Crippen LogP contribution in [0.5, 0.6) is 0 Å². The molecule has 0 saturated carbocycles. The van der Waals surface area contributed by atoms with Crippen molar-refractivity contribution in [3.05, 3.63) is 103 Å². The number of aromatic nitrogens is 2. The Balaban J connectivity index is 0.000000748. The first-order valence-corrected chi connectivity index (χ1v) is 14.6. The summed E-state index contributed by atoms with van der Waals surface area (Å²) >= 11 is 0. The van der Waals surface area contributed by atoms with Gasteiger partial charge in [-0.05, 0) is 54.6 Å². The molecule has 5 aromatic rings. The van der Waals surface area contributed by atoms with Crippen LogP contribution >= 0.6 is 0 Å². The first-order valence-electron chi connectivity index (χ1n) is 12.8. The lowest BCUT2D eigenvalue weighted by Gasteiger charge is -2.13. The molecule has 2 aromatic heterocycles. The predicted molar refractivity (Wildman–Crippen MR) is 166 cm³/mol. The van der Waals surface area contributed by atoms with Crippen molar-refractivity contribution in [2.24, 2.45) is 14.1 Å². The average Bonchev–Trinajstić information content (AvgIpc) is 2.92. The van der Waals surface area contributed by atoms with Crippen molar-refractivity contribution in [2.45, 2.75) is 0 Å². The summed E-state index contributed by atoms with van der Waals surface area (Å²) in [6, 6.07) is 24.6. The second-order valence-corrected chi connectivity index (χ2v) is 11.2. The van der Waals surface area contributed by atoms with Gasteiger partial charge in [-0.3, -0.25) is 9.35 Å². The van der Waals surface area contributed by atoms with E-state index in [9.17, 15) is 13.2 Å². The highest BCUT2D eigenvalue weighted by Crippen LogP contribution is 2.28. The third-order valence-corrected chi connectivity index (χ3v) is 6.14. The van der Waals surface area contributed by atoms with E-state index in [4.69, 9.17) is 16.0 Å². The molecule has 0 aliphatic carbocycles. The van der Waals surface area contributed by atoms with Crippen LogP contribution in [0.25, 0.3) is 10.9 Å². The molecular formula is C30H33N7O4S+2. The first-order chi connectivity index (χ1) is 19.9. The quantitative estimate of drug-likeness (QED) is 0.0988. The van der Waals surface area contributed by atoms with Crippen molar-refractivity contribution in [3.8, 4) is 0 Å². The normalized spacial score (nSPS) is 10.9. The van der Waals surface area contributed by atoms with Gasteiger partial charge in [-0.2, -0.15) is 8.42 Å². The molecule has 0 bridgehead atoms. The van der Waals surface area contributed by atoms with Crippen LogP contribution in [0.2, 0.25) is 0 Å². The molecule has 11 nitrogen and oxygen atoms in total. The fourth-order valence-corrected chi connectivity index (χ4v) is 4.13. The highest BCUT2D eigenvalue weighted by atomic mass is 32.2. The fourth-order valence-electron chi connectivity index (χ4n) is 4.13. The number of hydrogen-bond donors (Lipinski definition) is 6. The molecule has 0 saturated heterocycles. The highest BCUT2D eigenvalue weighted by Gasteiger charge is 2.14. The smallest absolute Gasteiger partial charge is 0.261 e. The molecule has 2 heterocycles. The molecule has 0 radical (unpaired) electrons. The maximum Gasteiger partial charge on any atom is 0.261 e. The predicted octanol–water partition coefficient (Wildman–Crippen LogP) is 3.90. The Morgan fingerprint density at radius 1 is 0.762 bits per heavy atom. The zero-order valence-corrected chi connectivity index (χ0v) is 24.2. The molecule has 8 N–H and O–H groups in total. The van der Waals surface area contributed by atoms with Gasteiger partial charge in [-0.25, -0.2) is 9.13 Å². The second-order valence-electron chi connectivity index (χ2n) is 9.69. The molecule has 42 heavy (non-hydrogen) atoms. The summed E-state index contributed by atoms with van der Waals surface area (Å²) in [4.78, 5) is 12.9. The lowest BCUT2D eigenvalue weighted by molar-refractivity contribution is -0.671. The summed E-state index contributed by atoms with van der Waals surface area (Å²) in [5.41, 5.74) is 19.1. The Kier molecular flexibility index (Phi) is 8.89. The SMILES string of the molecule is CS(=O)(=O)O.C[n+]1ccc(Nc2ccc(NC(=O)c3ccc(Nc4cc[n+](C)c5ccc(N)cc45)cc3N)cc2)cc1. The molecule has 5 rings (SSSR count). The van der Waals surface area contributed by atoms with E-state index >= 15 is 0 Å². The van der Waals surface area contributed by atoms with Gasteiger partial charge in [0.2, 0.25) is 5.52 Å². The topological polar surface area (TPSA) is 167 Å². The van der Waals surface area contributed by atoms with E-state index in [-0.39, 0.29) is 5.91 Å². The number of carbonyl (C=O) groups excluding carboxylic acids is 1. The fraction of sp³-hybridized carbons (Fsp3) is 0.100. The molecule has 0 spiro atoms. The van der Waals surface area contributed by atoms with E-state index in [1.165, 1.54) is 0 Å². The lowest BCUT2D eigenvalue weighted by atomic mass is 10.1. The first kappa shape index (κ1) is 29.8. The summed E-state index contributed by atoms with van der Waals surface area (Å²) in [5.74, 6) is -0.273. The molecule has 0 atom stereocenters. The number of hydrogen-bond acceptors (Lipinski definition) is 7. The summed E-state index contributed by atoms with van der Waals surface area (Å²) < 4.78 is 29.9. The van der Waals surface area contributed by atoms with Crippen molar-refractivity contribution in [1.29, 1.82) is 0 Å². The van der Waals surface area contributed by atoms with Crippen LogP contribution in [0.4, 0.5) is 39.8 Å². The van der Waals surface area contributed by atoms with Gasteiger partial charge < -0.3 is 27.4 Å². The molecule has 1 amide bonds. The summed E-state index contributed by atoms with van der Waals surface area (Å²) in [6.07, 6.45) is 6.64. The lowest BCUT2D eigenvalue weighted by Crippen LogP contribution is -2.28. The number of fused-ring (bicyclic) bond motifs is 1. The minimum atomic E-state index is -3.67. The molecule has 0 unspecified atom stereocenters. The van der Waals surface area contributed by atoms with Crippen LogP contribution in [-0.2, 0) is 24.2 Å². The monoisotopic (exact) mass is 587 g/mol. The van der Waals surface area contributed by atoms with Crippen LogP contribution in [-0.4, -0.2) is 25.1 Å². The Bertz CT molecular complexity index is 1840. The third kappa shape index (κ3) is 8.16. The van der Waals surface area contributed by atoms with Gasteiger partial charge in [0.05, 0.1) is 28.6 Å². The third-order valence-electron chi connectivity index (χ3n) is 6.14. The van der Waals surface area contributed by atoms with Crippen LogP contribution < -0.4 is 36.6 Å². The Morgan fingerprint density at radius 2 is 1.36 bits per heavy atom. The van der Waals surface area contributed by atoms with Crippen LogP contribution in [0.3, 0.4) is 0 Å². The van der Waals surface area contributed by atoms with Crippen molar-refractivity contribution in [2.75, 3.05) is 33.7 Å². The number of nitrogens with zero attached hydrogens (tertiary/aromatic N) is 2. The van der Waals surface area contributed by atoms with Crippen molar-refractivity contribution in [3.63, 3.8) is 0 Å². The summed E-state index contributed by atoms with van der Waals surface area (Å²) in [7, 11) is 0.292. The molecule has 0 fully saturated rings. The number of nitrogens with two attached hydrogens (primary N) is 2. The number of nitrogen functional groups attached to an aromatic ring is 2. The molecule has 3 aromatic carbocycles. The van der Waals surface area contributed by atoms with E-state index < -0.39 is 10.1 Å². The number of pyridine rings is 2. The zero-order valence-electron chi connectivity index (χ0n) is 23.4. The number of aryl methyl sites for hydroxylation is 2. The molecule has 216 valence electrons. The van der Waals surface area contributed by atoms with Crippen LogP contribution in [0.15, 0.2) is 97.5 Å². The van der Waals surface area contributed by atoms with Crippen LogP contribution in [0, 0.1) is 0 Å². The standard InChI is InChI=1S/C29H27N7O.CH4O3S/c1-35-14-11-22(12-15-35)32-20-4-6-21(7-5-20)34-29(37)24-9-8-23(18-26(24)31)33-27-13-16-36(2)28-10-3-19(30)17-25(27)28;1-5(2,3)4/h3-18H,30H2,1-2H3,(H3,31,34,37);1H3,(H,2,3,4)/p+2.